The van der Waals surface area contributed by atoms with Crippen molar-refractivity contribution >= 4 is 0 Å². The molecule has 0 saturated carbocycles. The summed E-state index contributed by atoms with van der Waals surface area (Å²) in [5.41, 5.74) is -0.814. The summed E-state index contributed by atoms with van der Waals surface area (Å²) in [6.07, 6.45) is 0. The third kappa shape index (κ3) is 1.93. The van der Waals surface area contributed by atoms with E-state index >= 15 is 0 Å². The molecule has 0 aromatic rings. The van der Waals surface area contributed by atoms with E-state index in [1.165, 1.54) is 0 Å². The fourth-order valence-electron chi connectivity index (χ4n) is 1.77. The molecular weight excluding hydrogens is 182 g/mol. The van der Waals surface area contributed by atoms with Gasteiger partial charge in [-0.05, 0) is 11.8 Å². The average Bonchev–Trinajstić information content (AvgIpc) is 2.10. The molecule has 4 heteroatoms. The van der Waals surface area contributed by atoms with Gasteiger partial charge in [0.05, 0.1) is 25.4 Å². The molecule has 0 unspecified atom stereocenters. The first kappa shape index (κ1) is 11.9. The van der Waals surface area contributed by atoms with Crippen molar-refractivity contribution in [3.8, 4) is 0 Å². The Bertz CT molecular complexity index is 166. The second-order valence-electron chi connectivity index (χ2n) is 4.61. The lowest BCUT2D eigenvalue weighted by atomic mass is 9.83. The molecule has 0 radical (unpaired) electrons. The van der Waals surface area contributed by atoms with Gasteiger partial charge in [0.15, 0.2) is 0 Å². The van der Waals surface area contributed by atoms with Crippen molar-refractivity contribution in [1.29, 1.82) is 0 Å². The maximum Gasteiger partial charge on any atom is 0.0906 e. The van der Waals surface area contributed by atoms with Gasteiger partial charge in [0, 0.05) is 13.1 Å². The van der Waals surface area contributed by atoms with Gasteiger partial charge in [0.25, 0.3) is 0 Å². The number of hydrogen-bond donors (Lipinski definition) is 3. The highest BCUT2D eigenvalue weighted by Gasteiger charge is 2.43. The van der Waals surface area contributed by atoms with Gasteiger partial charge >= 0.3 is 0 Å². The zero-order chi connectivity index (χ0) is 10.8. The van der Waals surface area contributed by atoms with E-state index in [9.17, 15) is 15.3 Å². The Hall–Kier alpha value is -0.160. The Morgan fingerprint density at radius 3 is 1.86 bits per heavy atom. The molecule has 0 atom stereocenters. The summed E-state index contributed by atoms with van der Waals surface area (Å²) < 4.78 is 0. The Labute approximate surface area is 85.2 Å². The van der Waals surface area contributed by atoms with Crippen molar-refractivity contribution in [3.63, 3.8) is 0 Å². The van der Waals surface area contributed by atoms with E-state index < -0.39 is 5.54 Å². The smallest absolute Gasteiger partial charge is 0.0906 e. The Morgan fingerprint density at radius 2 is 1.57 bits per heavy atom. The van der Waals surface area contributed by atoms with Gasteiger partial charge in [0.1, 0.15) is 0 Å². The third-order valence-corrected chi connectivity index (χ3v) is 3.41. The van der Waals surface area contributed by atoms with Gasteiger partial charge in [-0.25, -0.2) is 0 Å². The molecule has 0 spiro atoms. The molecule has 1 rings (SSSR count). The summed E-state index contributed by atoms with van der Waals surface area (Å²) in [7, 11) is 0. The monoisotopic (exact) mass is 203 g/mol. The minimum atomic E-state index is -0.814. The SMILES string of the molecule is CC(C)C1CN(C(CO)(CO)CO)C1. The van der Waals surface area contributed by atoms with Crippen molar-refractivity contribution in [2.75, 3.05) is 32.9 Å². The lowest BCUT2D eigenvalue weighted by Gasteiger charge is -2.51. The van der Waals surface area contributed by atoms with Crippen LogP contribution in [0.3, 0.4) is 0 Å². The summed E-state index contributed by atoms with van der Waals surface area (Å²) in [6.45, 7) is 5.49. The van der Waals surface area contributed by atoms with Gasteiger partial charge in [-0.3, -0.25) is 4.90 Å². The van der Waals surface area contributed by atoms with Gasteiger partial charge in [-0.15, -0.1) is 0 Å². The first-order valence-electron chi connectivity index (χ1n) is 5.17. The molecule has 0 bridgehead atoms. The second kappa shape index (κ2) is 4.57. The van der Waals surface area contributed by atoms with Crippen molar-refractivity contribution < 1.29 is 15.3 Å². The van der Waals surface area contributed by atoms with Gasteiger partial charge in [-0.2, -0.15) is 0 Å². The summed E-state index contributed by atoms with van der Waals surface area (Å²) in [4.78, 5) is 1.97. The predicted octanol–water partition coefficient (Wildman–Crippen LogP) is -0.710. The first-order chi connectivity index (χ1) is 6.59. The van der Waals surface area contributed by atoms with Crippen LogP contribution in [0.15, 0.2) is 0 Å². The molecule has 1 aliphatic heterocycles. The number of nitrogens with zero attached hydrogens (tertiary/aromatic N) is 1. The van der Waals surface area contributed by atoms with Crippen molar-refractivity contribution in [2.45, 2.75) is 19.4 Å². The molecule has 1 heterocycles. The summed E-state index contributed by atoms with van der Waals surface area (Å²) in [5, 5.41) is 27.5. The van der Waals surface area contributed by atoms with Crippen molar-refractivity contribution in [3.05, 3.63) is 0 Å². The normalized spacial score (nSPS) is 20.1. The van der Waals surface area contributed by atoms with E-state index in [0.717, 1.165) is 13.1 Å². The van der Waals surface area contributed by atoms with E-state index in [4.69, 9.17) is 0 Å². The molecule has 14 heavy (non-hydrogen) atoms. The zero-order valence-corrected chi connectivity index (χ0v) is 8.98. The lowest BCUT2D eigenvalue weighted by molar-refractivity contribution is -0.106. The number of rotatable bonds is 5. The van der Waals surface area contributed by atoms with Crippen LogP contribution in [0.2, 0.25) is 0 Å². The van der Waals surface area contributed by atoms with Crippen molar-refractivity contribution in [2.24, 2.45) is 11.8 Å². The number of aliphatic hydroxyl groups is 3. The van der Waals surface area contributed by atoms with Crippen LogP contribution in [0.5, 0.6) is 0 Å². The summed E-state index contributed by atoms with van der Waals surface area (Å²) >= 11 is 0. The van der Waals surface area contributed by atoms with Crippen LogP contribution >= 0.6 is 0 Å². The molecule has 84 valence electrons. The standard InChI is InChI=1S/C10H21NO3/c1-8(2)9-3-11(4-9)10(5-12,6-13)7-14/h8-9,12-14H,3-7H2,1-2H3. The molecule has 0 aliphatic carbocycles. The summed E-state index contributed by atoms with van der Waals surface area (Å²) in [6, 6.07) is 0. The van der Waals surface area contributed by atoms with Gasteiger partial charge in [0.2, 0.25) is 0 Å². The van der Waals surface area contributed by atoms with E-state index in [2.05, 4.69) is 13.8 Å². The lowest BCUT2D eigenvalue weighted by Crippen LogP contribution is -2.66. The van der Waals surface area contributed by atoms with E-state index in [0.29, 0.717) is 11.8 Å². The molecule has 1 fully saturated rings. The van der Waals surface area contributed by atoms with Crippen LogP contribution in [-0.4, -0.2) is 58.7 Å². The van der Waals surface area contributed by atoms with Crippen LogP contribution in [0.4, 0.5) is 0 Å². The number of aliphatic hydroxyl groups excluding tert-OH is 3. The Balaban J connectivity index is 2.50. The molecular formula is C10H21NO3. The molecule has 0 aromatic carbocycles. The topological polar surface area (TPSA) is 63.9 Å². The maximum absolute atomic E-state index is 9.18. The van der Waals surface area contributed by atoms with Gasteiger partial charge < -0.3 is 15.3 Å². The molecule has 0 aromatic heterocycles. The Kier molecular flexibility index (Phi) is 3.89. The number of hydrogen-bond acceptors (Lipinski definition) is 4. The van der Waals surface area contributed by atoms with Crippen LogP contribution < -0.4 is 0 Å². The van der Waals surface area contributed by atoms with Crippen LogP contribution in [0.25, 0.3) is 0 Å². The highest BCUT2D eigenvalue weighted by atomic mass is 16.3. The molecule has 1 aliphatic rings. The fraction of sp³-hybridized carbons (Fsp3) is 1.00. The average molecular weight is 203 g/mol. The highest BCUT2D eigenvalue weighted by Crippen LogP contribution is 2.29. The molecule has 1 saturated heterocycles. The van der Waals surface area contributed by atoms with E-state index in [1.807, 2.05) is 4.90 Å². The molecule has 0 amide bonds. The minimum absolute atomic E-state index is 0.190. The predicted molar refractivity (Wildman–Crippen MR) is 53.9 cm³/mol. The van der Waals surface area contributed by atoms with Gasteiger partial charge in [-0.1, -0.05) is 13.8 Å². The van der Waals surface area contributed by atoms with Crippen molar-refractivity contribution in [1.82, 2.24) is 4.90 Å². The molecule has 4 nitrogen and oxygen atoms in total. The van der Waals surface area contributed by atoms with Crippen LogP contribution in [-0.2, 0) is 0 Å². The maximum atomic E-state index is 9.18. The highest BCUT2D eigenvalue weighted by molar-refractivity contribution is 4.97. The quantitative estimate of drug-likeness (QED) is 0.552. The summed E-state index contributed by atoms with van der Waals surface area (Å²) in [5.74, 6) is 1.25. The first-order valence-corrected chi connectivity index (χ1v) is 5.17. The largest absolute Gasteiger partial charge is 0.394 e. The third-order valence-electron chi connectivity index (χ3n) is 3.41. The van der Waals surface area contributed by atoms with Crippen LogP contribution in [0, 0.1) is 11.8 Å². The Morgan fingerprint density at radius 1 is 1.14 bits per heavy atom. The van der Waals surface area contributed by atoms with Crippen LogP contribution in [0.1, 0.15) is 13.8 Å². The zero-order valence-electron chi connectivity index (χ0n) is 8.98. The van der Waals surface area contributed by atoms with E-state index in [1.54, 1.807) is 0 Å². The second-order valence-corrected chi connectivity index (χ2v) is 4.61. The fourth-order valence-corrected chi connectivity index (χ4v) is 1.77. The number of likely N-dealkylation sites (tertiary alicyclic amines) is 1. The molecule has 3 N–H and O–H groups in total. The van der Waals surface area contributed by atoms with E-state index in [-0.39, 0.29) is 19.8 Å². The minimum Gasteiger partial charge on any atom is -0.394 e.